The van der Waals surface area contributed by atoms with Crippen molar-refractivity contribution in [1.29, 1.82) is 0 Å². The van der Waals surface area contributed by atoms with Crippen LogP contribution in [0, 0.1) is 6.92 Å². The van der Waals surface area contributed by atoms with Crippen LogP contribution in [0.2, 0.25) is 0 Å². The van der Waals surface area contributed by atoms with Crippen molar-refractivity contribution in [1.82, 2.24) is 30.1 Å². The number of tetrazole rings is 1. The van der Waals surface area contributed by atoms with E-state index in [9.17, 15) is 0 Å². The average Bonchev–Trinajstić information content (AvgIpc) is 3.04. The number of benzene rings is 1. The van der Waals surface area contributed by atoms with Crippen LogP contribution in [0.1, 0.15) is 11.3 Å². The summed E-state index contributed by atoms with van der Waals surface area (Å²) in [5.74, 6) is 0.444. The third-order valence-corrected chi connectivity index (χ3v) is 2.84. The molecular formula is C13H14N8. The second kappa shape index (κ2) is 5.53. The van der Waals surface area contributed by atoms with Gasteiger partial charge in [0, 0.05) is 24.5 Å². The topological polar surface area (TPSA) is 85.8 Å². The second-order valence-corrected chi connectivity index (χ2v) is 4.47. The largest absolute Gasteiger partial charge is 0.321 e. The number of nitrogens with one attached hydrogen (secondary N) is 1. The average molecular weight is 282 g/mol. The Morgan fingerprint density at radius 2 is 2.05 bits per heavy atom. The maximum absolute atomic E-state index is 4.25. The lowest BCUT2D eigenvalue weighted by atomic mass is 10.3. The molecule has 0 fully saturated rings. The Kier molecular flexibility index (Phi) is 3.42. The summed E-state index contributed by atoms with van der Waals surface area (Å²) >= 11 is 0. The number of aryl methyl sites for hydroxylation is 2. The molecule has 2 aromatic heterocycles. The molecule has 2 heterocycles. The van der Waals surface area contributed by atoms with Gasteiger partial charge in [-0.25, -0.2) is 0 Å². The first-order valence-corrected chi connectivity index (χ1v) is 6.37. The van der Waals surface area contributed by atoms with E-state index < -0.39 is 0 Å². The van der Waals surface area contributed by atoms with Gasteiger partial charge in [0.2, 0.25) is 0 Å². The van der Waals surface area contributed by atoms with Gasteiger partial charge in [-0.15, -0.1) is 0 Å². The van der Waals surface area contributed by atoms with Crippen molar-refractivity contribution in [3.63, 3.8) is 0 Å². The van der Waals surface area contributed by atoms with E-state index in [1.807, 2.05) is 50.5 Å². The van der Waals surface area contributed by atoms with E-state index in [1.54, 1.807) is 10.9 Å². The first kappa shape index (κ1) is 13.0. The molecule has 0 unspecified atom stereocenters. The maximum Gasteiger partial charge on any atom is 0.269 e. The molecule has 0 aliphatic carbocycles. The van der Waals surface area contributed by atoms with Crippen LogP contribution in [0.3, 0.4) is 0 Å². The molecule has 0 radical (unpaired) electrons. The van der Waals surface area contributed by atoms with Crippen LogP contribution in [0.15, 0.2) is 41.6 Å². The lowest BCUT2D eigenvalue weighted by Gasteiger charge is -2.02. The van der Waals surface area contributed by atoms with Gasteiger partial charge >= 0.3 is 0 Å². The minimum Gasteiger partial charge on any atom is -0.321 e. The normalized spacial score (nSPS) is 11.1. The summed E-state index contributed by atoms with van der Waals surface area (Å²) < 4.78 is 1.74. The molecule has 0 saturated carbocycles. The molecular weight excluding hydrogens is 268 g/mol. The molecule has 8 nitrogen and oxygen atoms in total. The fraction of sp³-hybridized carbons (Fsp3) is 0.154. The fourth-order valence-electron chi connectivity index (χ4n) is 1.85. The zero-order valence-corrected chi connectivity index (χ0v) is 11.7. The molecule has 106 valence electrons. The minimum atomic E-state index is 0.444. The zero-order valence-electron chi connectivity index (χ0n) is 11.7. The highest BCUT2D eigenvalue weighted by molar-refractivity contribution is 5.80. The summed E-state index contributed by atoms with van der Waals surface area (Å²) in [7, 11) is 1.86. The molecule has 1 aromatic carbocycles. The second-order valence-electron chi connectivity index (χ2n) is 4.47. The van der Waals surface area contributed by atoms with Crippen molar-refractivity contribution in [2.75, 3.05) is 5.32 Å². The third kappa shape index (κ3) is 2.94. The summed E-state index contributed by atoms with van der Waals surface area (Å²) in [4.78, 5) is 1.33. The van der Waals surface area contributed by atoms with Gasteiger partial charge < -0.3 is 5.32 Å². The van der Waals surface area contributed by atoms with Crippen LogP contribution < -0.4 is 5.32 Å². The van der Waals surface area contributed by atoms with E-state index in [-0.39, 0.29) is 0 Å². The van der Waals surface area contributed by atoms with Crippen molar-refractivity contribution in [2.45, 2.75) is 6.92 Å². The lowest BCUT2D eigenvalue weighted by molar-refractivity contribution is 0.698. The number of rotatable bonds is 4. The summed E-state index contributed by atoms with van der Waals surface area (Å²) in [6.07, 6.45) is 3.56. The Morgan fingerprint density at radius 3 is 2.76 bits per heavy atom. The lowest BCUT2D eigenvalue weighted by Crippen LogP contribution is -2.01. The molecule has 0 saturated heterocycles. The Balaban J connectivity index is 1.81. The van der Waals surface area contributed by atoms with Crippen LogP contribution in [-0.4, -0.2) is 36.3 Å². The molecule has 1 N–H and O–H groups in total. The molecule has 0 bridgehead atoms. The minimum absolute atomic E-state index is 0.444. The molecule has 0 atom stereocenters. The fourth-order valence-corrected chi connectivity index (χ4v) is 1.85. The molecule has 0 aliphatic rings. The Hall–Kier alpha value is -3.03. The van der Waals surface area contributed by atoms with E-state index in [0.717, 1.165) is 16.9 Å². The summed E-state index contributed by atoms with van der Waals surface area (Å²) in [6.45, 7) is 1.92. The SMILES string of the molecule is Cc1nn(C)cc1C=Nn1nnnc1Nc1ccccc1. The molecule has 0 amide bonds. The van der Waals surface area contributed by atoms with E-state index in [1.165, 1.54) is 4.79 Å². The number of para-hydroxylation sites is 1. The molecule has 3 aromatic rings. The number of hydrogen-bond donors (Lipinski definition) is 1. The first-order valence-electron chi connectivity index (χ1n) is 6.37. The number of nitrogens with zero attached hydrogens (tertiary/aromatic N) is 7. The van der Waals surface area contributed by atoms with Gasteiger partial charge in [-0.3, -0.25) is 4.68 Å². The van der Waals surface area contributed by atoms with Gasteiger partial charge in [-0.2, -0.15) is 10.2 Å². The monoisotopic (exact) mass is 282 g/mol. The predicted octanol–water partition coefficient (Wildman–Crippen LogP) is 1.34. The number of aromatic nitrogens is 6. The molecule has 8 heteroatoms. The van der Waals surface area contributed by atoms with Crippen molar-refractivity contribution in [2.24, 2.45) is 12.1 Å². The zero-order chi connectivity index (χ0) is 14.7. The predicted molar refractivity (Wildman–Crippen MR) is 78.5 cm³/mol. The van der Waals surface area contributed by atoms with Gasteiger partial charge in [0.25, 0.3) is 5.95 Å². The molecule has 0 spiro atoms. The van der Waals surface area contributed by atoms with Crippen LogP contribution in [-0.2, 0) is 7.05 Å². The van der Waals surface area contributed by atoms with Crippen molar-refractivity contribution in [3.05, 3.63) is 47.8 Å². The summed E-state index contributed by atoms with van der Waals surface area (Å²) in [5.41, 5.74) is 2.70. The first-order chi connectivity index (χ1) is 10.2. The van der Waals surface area contributed by atoms with Crippen LogP contribution in [0.5, 0.6) is 0 Å². The smallest absolute Gasteiger partial charge is 0.269 e. The maximum atomic E-state index is 4.25. The quantitative estimate of drug-likeness (QED) is 0.730. The van der Waals surface area contributed by atoms with Gasteiger partial charge in [0.1, 0.15) is 0 Å². The number of hydrogen-bond acceptors (Lipinski definition) is 6. The van der Waals surface area contributed by atoms with Crippen LogP contribution in [0.4, 0.5) is 11.6 Å². The van der Waals surface area contributed by atoms with Crippen LogP contribution >= 0.6 is 0 Å². The highest BCUT2D eigenvalue weighted by atomic mass is 15.7. The molecule has 3 rings (SSSR count). The highest BCUT2D eigenvalue weighted by Crippen LogP contribution is 2.12. The van der Waals surface area contributed by atoms with Gasteiger partial charge in [-0.05, 0) is 29.5 Å². The van der Waals surface area contributed by atoms with E-state index in [2.05, 4.69) is 31.0 Å². The Morgan fingerprint density at radius 1 is 1.24 bits per heavy atom. The van der Waals surface area contributed by atoms with Crippen molar-refractivity contribution >= 4 is 17.9 Å². The molecule has 0 aliphatic heterocycles. The van der Waals surface area contributed by atoms with Gasteiger partial charge in [0.05, 0.1) is 11.9 Å². The summed E-state index contributed by atoms with van der Waals surface area (Å²) in [6, 6.07) is 9.65. The van der Waals surface area contributed by atoms with E-state index in [4.69, 9.17) is 0 Å². The standard InChI is InChI=1S/C13H14N8/c1-10-11(9-20(2)17-10)8-14-21-13(16-18-19-21)15-12-6-4-3-5-7-12/h3-9H,1-2H3,(H,15,16,19). The Bertz CT molecular complexity index is 756. The summed E-state index contributed by atoms with van der Waals surface area (Å²) in [5, 5.41) is 23.0. The Labute approximate surface area is 121 Å². The molecule has 21 heavy (non-hydrogen) atoms. The highest BCUT2D eigenvalue weighted by Gasteiger charge is 2.05. The van der Waals surface area contributed by atoms with Crippen molar-refractivity contribution in [3.8, 4) is 0 Å². The van der Waals surface area contributed by atoms with Crippen molar-refractivity contribution < 1.29 is 0 Å². The van der Waals surface area contributed by atoms with Crippen LogP contribution in [0.25, 0.3) is 0 Å². The third-order valence-electron chi connectivity index (χ3n) is 2.84. The number of anilines is 2. The van der Waals surface area contributed by atoms with Gasteiger partial charge in [-0.1, -0.05) is 28.1 Å². The van der Waals surface area contributed by atoms with E-state index >= 15 is 0 Å². The van der Waals surface area contributed by atoms with Gasteiger partial charge in [0.15, 0.2) is 0 Å². The van der Waals surface area contributed by atoms with E-state index in [0.29, 0.717) is 5.95 Å².